The van der Waals surface area contributed by atoms with Crippen LogP contribution in [0.1, 0.15) is 27.4 Å². The van der Waals surface area contributed by atoms with Crippen LogP contribution in [0.2, 0.25) is 0 Å². The van der Waals surface area contributed by atoms with Crippen molar-refractivity contribution < 1.29 is 9.59 Å². The highest BCUT2D eigenvalue weighted by molar-refractivity contribution is 5.99. The molecule has 1 aromatic carbocycles. The molecule has 2 heterocycles. The number of carbonyl (C=O) groups excluding carboxylic acids is 2. The number of amides is 3. The Bertz CT molecular complexity index is 906. The summed E-state index contributed by atoms with van der Waals surface area (Å²) in [5, 5.41) is 5.58. The maximum atomic E-state index is 12.4. The van der Waals surface area contributed by atoms with E-state index in [4.69, 9.17) is 0 Å². The molecule has 0 unspecified atom stereocenters. The second-order valence-corrected chi connectivity index (χ2v) is 6.21. The minimum Gasteiger partial charge on any atom is -0.352 e. The number of nitrogens with zero attached hydrogens (tertiary/aromatic N) is 2. The molecule has 0 aliphatic carbocycles. The van der Waals surface area contributed by atoms with Crippen molar-refractivity contribution >= 4 is 17.6 Å². The smallest absolute Gasteiger partial charge is 0.322 e. The Morgan fingerprint density at radius 1 is 1.27 bits per heavy atom. The lowest BCUT2D eigenvalue weighted by atomic mass is 10.1. The van der Waals surface area contributed by atoms with E-state index in [1.165, 1.54) is 6.07 Å². The molecular formula is C18H21N5O3. The lowest BCUT2D eigenvalue weighted by Gasteiger charge is -2.18. The number of aryl methyl sites for hydroxylation is 2. The van der Waals surface area contributed by atoms with E-state index in [1.807, 2.05) is 13.0 Å². The molecule has 1 fully saturated rings. The van der Waals surface area contributed by atoms with Crippen LogP contribution < -0.4 is 21.1 Å². The number of aromatic amines is 1. The molecule has 0 saturated carbocycles. The Labute approximate surface area is 150 Å². The van der Waals surface area contributed by atoms with E-state index in [0.29, 0.717) is 43.1 Å². The standard InChI is InChI=1S/C18H21N5O3/c1-11-3-4-13(9-15(11)23-8-7-20-18(23)26)17(25)19-6-5-14-10-16(24)22-12(2)21-14/h3-4,9-10H,5-8H2,1-2H3,(H,19,25)(H,20,26)(H,21,22,24). The van der Waals surface area contributed by atoms with Gasteiger partial charge in [-0.1, -0.05) is 6.07 Å². The van der Waals surface area contributed by atoms with Crippen LogP contribution in [-0.2, 0) is 6.42 Å². The number of benzene rings is 1. The van der Waals surface area contributed by atoms with E-state index in [9.17, 15) is 14.4 Å². The molecule has 1 saturated heterocycles. The average Bonchev–Trinajstić information content (AvgIpc) is 3.00. The Kier molecular flexibility index (Phi) is 5.01. The van der Waals surface area contributed by atoms with Gasteiger partial charge in [0.15, 0.2) is 0 Å². The SMILES string of the molecule is Cc1nc(CCNC(=O)c2ccc(C)c(N3CCNC3=O)c2)cc(=O)[nH]1. The molecule has 8 nitrogen and oxygen atoms in total. The second kappa shape index (κ2) is 7.38. The number of hydrogen-bond donors (Lipinski definition) is 3. The van der Waals surface area contributed by atoms with Crippen LogP contribution in [0.3, 0.4) is 0 Å². The number of hydrogen-bond acceptors (Lipinski definition) is 4. The normalized spacial score (nSPS) is 13.6. The van der Waals surface area contributed by atoms with Gasteiger partial charge in [-0.15, -0.1) is 0 Å². The highest BCUT2D eigenvalue weighted by atomic mass is 16.2. The van der Waals surface area contributed by atoms with Crippen LogP contribution in [0.25, 0.3) is 0 Å². The van der Waals surface area contributed by atoms with E-state index in [0.717, 1.165) is 11.3 Å². The molecule has 0 spiro atoms. The van der Waals surface area contributed by atoms with Crippen molar-refractivity contribution in [1.82, 2.24) is 20.6 Å². The molecule has 1 aliphatic rings. The first-order valence-corrected chi connectivity index (χ1v) is 8.45. The maximum absolute atomic E-state index is 12.4. The van der Waals surface area contributed by atoms with Crippen molar-refractivity contribution in [3.63, 3.8) is 0 Å². The molecule has 2 aromatic rings. The molecule has 3 rings (SSSR count). The monoisotopic (exact) mass is 355 g/mol. The summed E-state index contributed by atoms with van der Waals surface area (Å²) < 4.78 is 0. The van der Waals surface area contributed by atoms with Gasteiger partial charge in [0.1, 0.15) is 5.82 Å². The van der Waals surface area contributed by atoms with Gasteiger partial charge in [-0.2, -0.15) is 0 Å². The molecule has 136 valence electrons. The van der Waals surface area contributed by atoms with Gasteiger partial charge in [-0.25, -0.2) is 9.78 Å². The topological polar surface area (TPSA) is 107 Å². The Morgan fingerprint density at radius 2 is 2.08 bits per heavy atom. The van der Waals surface area contributed by atoms with Crippen molar-refractivity contribution in [2.75, 3.05) is 24.5 Å². The third kappa shape index (κ3) is 3.90. The van der Waals surface area contributed by atoms with Crippen molar-refractivity contribution in [3.05, 3.63) is 57.3 Å². The number of urea groups is 1. The van der Waals surface area contributed by atoms with Crippen LogP contribution in [0.5, 0.6) is 0 Å². The zero-order valence-corrected chi connectivity index (χ0v) is 14.8. The lowest BCUT2D eigenvalue weighted by molar-refractivity contribution is 0.0954. The molecule has 3 amide bonds. The van der Waals surface area contributed by atoms with Crippen LogP contribution in [0, 0.1) is 13.8 Å². The summed E-state index contributed by atoms with van der Waals surface area (Å²) in [6, 6.07) is 6.57. The largest absolute Gasteiger partial charge is 0.352 e. The van der Waals surface area contributed by atoms with E-state index >= 15 is 0 Å². The summed E-state index contributed by atoms with van der Waals surface area (Å²) >= 11 is 0. The van der Waals surface area contributed by atoms with Gasteiger partial charge in [-0.3, -0.25) is 14.5 Å². The minimum atomic E-state index is -0.229. The van der Waals surface area contributed by atoms with Crippen molar-refractivity contribution in [1.29, 1.82) is 0 Å². The van der Waals surface area contributed by atoms with E-state index < -0.39 is 0 Å². The van der Waals surface area contributed by atoms with Gasteiger partial charge in [0, 0.05) is 49.1 Å². The fourth-order valence-corrected chi connectivity index (χ4v) is 2.92. The summed E-state index contributed by atoms with van der Waals surface area (Å²) in [5.74, 6) is 0.318. The molecule has 26 heavy (non-hydrogen) atoms. The molecule has 0 atom stereocenters. The summed E-state index contributed by atoms with van der Waals surface area (Å²) in [4.78, 5) is 44.2. The molecule has 3 N–H and O–H groups in total. The first-order valence-electron chi connectivity index (χ1n) is 8.45. The highest BCUT2D eigenvalue weighted by Crippen LogP contribution is 2.23. The van der Waals surface area contributed by atoms with Gasteiger partial charge in [0.2, 0.25) is 0 Å². The fourth-order valence-electron chi connectivity index (χ4n) is 2.92. The quantitative estimate of drug-likeness (QED) is 0.740. The highest BCUT2D eigenvalue weighted by Gasteiger charge is 2.23. The Morgan fingerprint density at radius 3 is 2.77 bits per heavy atom. The summed E-state index contributed by atoms with van der Waals surface area (Å²) in [5.41, 5.74) is 2.58. The van der Waals surface area contributed by atoms with Crippen LogP contribution >= 0.6 is 0 Å². The Balaban J connectivity index is 1.66. The second-order valence-electron chi connectivity index (χ2n) is 6.21. The predicted octanol–water partition coefficient (Wildman–Crippen LogP) is 0.889. The molecule has 8 heteroatoms. The van der Waals surface area contributed by atoms with Gasteiger partial charge in [0.05, 0.1) is 0 Å². The first kappa shape index (κ1) is 17.7. The lowest BCUT2D eigenvalue weighted by Crippen LogP contribution is -2.29. The number of nitrogens with one attached hydrogen (secondary N) is 3. The van der Waals surface area contributed by atoms with Crippen molar-refractivity contribution in [3.8, 4) is 0 Å². The number of rotatable bonds is 5. The van der Waals surface area contributed by atoms with Gasteiger partial charge in [0.25, 0.3) is 11.5 Å². The van der Waals surface area contributed by atoms with Gasteiger partial charge >= 0.3 is 6.03 Å². The average molecular weight is 355 g/mol. The summed E-state index contributed by atoms with van der Waals surface area (Å²) in [6.45, 7) is 5.16. The first-order chi connectivity index (χ1) is 12.4. The van der Waals surface area contributed by atoms with Crippen LogP contribution in [0.4, 0.5) is 10.5 Å². The predicted molar refractivity (Wildman–Crippen MR) is 97.6 cm³/mol. The van der Waals surface area contributed by atoms with Crippen LogP contribution in [-0.4, -0.2) is 41.5 Å². The van der Waals surface area contributed by atoms with Crippen LogP contribution in [0.15, 0.2) is 29.1 Å². The number of anilines is 1. The van der Waals surface area contributed by atoms with Gasteiger partial charge < -0.3 is 15.6 Å². The Hall–Kier alpha value is -3.16. The van der Waals surface area contributed by atoms with Gasteiger partial charge in [-0.05, 0) is 31.5 Å². The molecule has 1 aromatic heterocycles. The summed E-state index contributed by atoms with van der Waals surface area (Å²) in [7, 11) is 0. The third-order valence-corrected chi connectivity index (χ3v) is 4.20. The zero-order chi connectivity index (χ0) is 18.7. The number of H-pyrrole nitrogens is 1. The van der Waals surface area contributed by atoms with E-state index in [2.05, 4.69) is 20.6 Å². The third-order valence-electron chi connectivity index (χ3n) is 4.20. The number of aromatic nitrogens is 2. The van der Waals surface area contributed by atoms with E-state index in [1.54, 1.807) is 24.0 Å². The molecule has 0 bridgehead atoms. The van der Waals surface area contributed by atoms with E-state index in [-0.39, 0.29) is 17.5 Å². The molecule has 1 aliphatic heterocycles. The minimum absolute atomic E-state index is 0.151. The van der Waals surface area contributed by atoms with Crippen molar-refractivity contribution in [2.45, 2.75) is 20.3 Å². The maximum Gasteiger partial charge on any atom is 0.322 e. The van der Waals surface area contributed by atoms with Crippen molar-refractivity contribution in [2.24, 2.45) is 0 Å². The summed E-state index contributed by atoms with van der Waals surface area (Å²) in [6.07, 6.45) is 0.462. The number of carbonyl (C=O) groups is 2. The molecular weight excluding hydrogens is 334 g/mol. The fraction of sp³-hybridized carbons (Fsp3) is 0.333. The molecule has 0 radical (unpaired) electrons. The zero-order valence-electron chi connectivity index (χ0n) is 14.8.